The monoisotopic (exact) mass is 244 g/mol. The maximum atomic E-state index is 11.1. The second-order valence-electron chi connectivity index (χ2n) is 3.47. The van der Waals surface area contributed by atoms with E-state index in [1.807, 2.05) is 0 Å². The molecule has 0 aliphatic carbocycles. The van der Waals surface area contributed by atoms with Crippen LogP contribution in [0.1, 0.15) is 20.8 Å². The summed E-state index contributed by atoms with van der Waals surface area (Å²) in [5.41, 5.74) is 0.537. The molecule has 0 atom stereocenters. The van der Waals surface area contributed by atoms with Gasteiger partial charge in [0.1, 0.15) is 5.69 Å². The normalized spacial score (nSPS) is 10.0. The first-order valence-electron chi connectivity index (χ1n) is 4.96. The summed E-state index contributed by atoms with van der Waals surface area (Å²) in [7, 11) is 0. The van der Waals surface area contributed by atoms with Crippen molar-refractivity contribution in [3.05, 3.63) is 48.0 Å². The van der Waals surface area contributed by atoms with Gasteiger partial charge in [-0.25, -0.2) is 14.6 Å². The zero-order valence-electron chi connectivity index (χ0n) is 9.07. The summed E-state index contributed by atoms with van der Waals surface area (Å²) >= 11 is 0. The molecule has 0 saturated carbocycles. The third kappa shape index (κ3) is 2.17. The molecule has 0 saturated heterocycles. The van der Waals surface area contributed by atoms with Crippen molar-refractivity contribution in [3.8, 4) is 11.1 Å². The van der Waals surface area contributed by atoms with Crippen molar-refractivity contribution in [1.29, 1.82) is 0 Å². The van der Waals surface area contributed by atoms with Crippen LogP contribution in [0.5, 0.6) is 0 Å². The van der Waals surface area contributed by atoms with E-state index in [4.69, 9.17) is 10.2 Å². The van der Waals surface area contributed by atoms with E-state index in [0.717, 1.165) is 6.20 Å². The summed E-state index contributed by atoms with van der Waals surface area (Å²) in [6, 6.07) is 4.52. The van der Waals surface area contributed by atoms with E-state index in [-0.39, 0.29) is 16.8 Å². The molecule has 2 aromatic heterocycles. The molecule has 0 unspecified atom stereocenters. The molecule has 6 heteroatoms. The zero-order chi connectivity index (χ0) is 13.1. The number of carbonyl (C=O) groups is 2. The maximum Gasteiger partial charge on any atom is 0.354 e. The van der Waals surface area contributed by atoms with E-state index in [0.29, 0.717) is 5.56 Å². The molecular weight excluding hydrogens is 236 g/mol. The Morgan fingerprint density at radius 1 is 1.11 bits per heavy atom. The molecule has 2 N–H and O–H groups in total. The fourth-order valence-electron chi connectivity index (χ4n) is 1.50. The van der Waals surface area contributed by atoms with Crippen LogP contribution in [-0.4, -0.2) is 32.1 Å². The largest absolute Gasteiger partial charge is 0.478 e. The third-order valence-corrected chi connectivity index (χ3v) is 2.33. The van der Waals surface area contributed by atoms with E-state index >= 15 is 0 Å². The van der Waals surface area contributed by atoms with E-state index in [1.54, 1.807) is 18.3 Å². The number of aromatic nitrogens is 2. The molecule has 2 aromatic rings. The number of carboxylic acid groups (broad SMARTS) is 2. The highest BCUT2D eigenvalue weighted by atomic mass is 16.4. The van der Waals surface area contributed by atoms with Crippen LogP contribution >= 0.6 is 0 Å². The summed E-state index contributed by atoms with van der Waals surface area (Å²) in [5, 5.41) is 17.9. The Kier molecular flexibility index (Phi) is 3.01. The van der Waals surface area contributed by atoms with Gasteiger partial charge in [0.05, 0.1) is 5.56 Å². The van der Waals surface area contributed by atoms with Crippen LogP contribution in [0.15, 0.2) is 36.8 Å². The minimum atomic E-state index is -1.21. The Labute approximate surface area is 102 Å². The highest BCUT2D eigenvalue weighted by Gasteiger charge is 2.16. The quantitative estimate of drug-likeness (QED) is 0.849. The van der Waals surface area contributed by atoms with Gasteiger partial charge in [0.25, 0.3) is 0 Å². The van der Waals surface area contributed by atoms with Gasteiger partial charge in [0.15, 0.2) is 0 Å². The van der Waals surface area contributed by atoms with Crippen molar-refractivity contribution >= 4 is 11.9 Å². The molecule has 0 amide bonds. The number of hydrogen-bond acceptors (Lipinski definition) is 4. The van der Waals surface area contributed by atoms with Crippen molar-refractivity contribution in [3.63, 3.8) is 0 Å². The molecule has 0 bridgehead atoms. The minimum Gasteiger partial charge on any atom is -0.478 e. The second kappa shape index (κ2) is 4.62. The van der Waals surface area contributed by atoms with Gasteiger partial charge in [-0.15, -0.1) is 0 Å². The van der Waals surface area contributed by atoms with Crippen molar-refractivity contribution < 1.29 is 19.8 Å². The predicted octanol–water partition coefficient (Wildman–Crippen LogP) is 1.54. The minimum absolute atomic E-state index is 0.0620. The molecule has 0 fully saturated rings. The standard InChI is InChI=1S/C12H8N2O4/c15-11(16)9-6-14-10(12(17)18)4-8(9)7-2-1-3-13-5-7/h1-6H,(H,15,16)(H,17,18). The fraction of sp³-hybridized carbons (Fsp3) is 0. The number of aromatic carboxylic acids is 2. The van der Waals surface area contributed by atoms with E-state index in [9.17, 15) is 9.59 Å². The van der Waals surface area contributed by atoms with Crippen LogP contribution in [0.3, 0.4) is 0 Å². The molecular formula is C12H8N2O4. The number of pyridine rings is 2. The molecule has 0 radical (unpaired) electrons. The van der Waals surface area contributed by atoms with Crippen molar-refractivity contribution in [2.45, 2.75) is 0 Å². The molecule has 0 spiro atoms. The van der Waals surface area contributed by atoms with Gasteiger partial charge >= 0.3 is 11.9 Å². The Morgan fingerprint density at radius 3 is 2.44 bits per heavy atom. The predicted molar refractivity (Wildman–Crippen MR) is 61.4 cm³/mol. The van der Waals surface area contributed by atoms with Gasteiger partial charge in [0, 0.05) is 29.7 Å². The third-order valence-electron chi connectivity index (χ3n) is 2.33. The smallest absolute Gasteiger partial charge is 0.354 e. The zero-order valence-corrected chi connectivity index (χ0v) is 9.07. The topological polar surface area (TPSA) is 100 Å². The summed E-state index contributed by atoms with van der Waals surface area (Å²) < 4.78 is 0. The van der Waals surface area contributed by atoms with Crippen molar-refractivity contribution in [1.82, 2.24) is 9.97 Å². The van der Waals surface area contributed by atoms with E-state index < -0.39 is 11.9 Å². The first-order valence-corrected chi connectivity index (χ1v) is 4.96. The molecule has 2 heterocycles. The van der Waals surface area contributed by atoms with Crippen molar-refractivity contribution in [2.24, 2.45) is 0 Å². The van der Waals surface area contributed by atoms with Crippen LogP contribution in [0.4, 0.5) is 0 Å². The van der Waals surface area contributed by atoms with Crippen LogP contribution in [-0.2, 0) is 0 Å². The lowest BCUT2D eigenvalue weighted by Crippen LogP contribution is -2.06. The summed E-state index contributed by atoms with van der Waals surface area (Å²) in [6.07, 6.45) is 4.05. The lowest BCUT2D eigenvalue weighted by molar-refractivity contribution is 0.0676. The average molecular weight is 244 g/mol. The van der Waals surface area contributed by atoms with E-state index in [1.165, 1.54) is 12.3 Å². The molecule has 90 valence electrons. The Morgan fingerprint density at radius 2 is 1.89 bits per heavy atom. The lowest BCUT2D eigenvalue weighted by atomic mass is 10.0. The Bertz CT molecular complexity index is 611. The molecule has 18 heavy (non-hydrogen) atoms. The number of nitrogens with zero attached hydrogens (tertiary/aromatic N) is 2. The fourth-order valence-corrected chi connectivity index (χ4v) is 1.50. The van der Waals surface area contributed by atoms with Crippen LogP contribution < -0.4 is 0 Å². The summed E-state index contributed by atoms with van der Waals surface area (Å²) in [5.74, 6) is -2.38. The first-order chi connectivity index (χ1) is 8.59. The highest BCUT2D eigenvalue weighted by Crippen LogP contribution is 2.23. The first kappa shape index (κ1) is 11.7. The summed E-state index contributed by atoms with van der Waals surface area (Å²) in [4.78, 5) is 29.4. The Hall–Kier alpha value is -2.76. The number of carboxylic acids is 2. The van der Waals surface area contributed by atoms with Gasteiger partial charge in [-0.2, -0.15) is 0 Å². The molecule has 6 nitrogen and oxygen atoms in total. The molecule has 0 aliphatic heterocycles. The second-order valence-corrected chi connectivity index (χ2v) is 3.47. The molecule has 2 rings (SSSR count). The SMILES string of the molecule is O=C(O)c1cc(-c2cccnc2)c(C(=O)O)cn1. The number of rotatable bonds is 3. The average Bonchev–Trinajstić information content (AvgIpc) is 2.39. The van der Waals surface area contributed by atoms with Gasteiger partial charge in [-0.3, -0.25) is 4.98 Å². The highest BCUT2D eigenvalue weighted by molar-refractivity contribution is 5.97. The number of hydrogen-bond donors (Lipinski definition) is 2. The van der Waals surface area contributed by atoms with Crippen LogP contribution in [0.2, 0.25) is 0 Å². The van der Waals surface area contributed by atoms with Gasteiger partial charge in [-0.1, -0.05) is 6.07 Å². The van der Waals surface area contributed by atoms with Crippen LogP contribution in [0, 0.1) is 0 Å². The molecule has 0 aliphatic rings. The van der Waals surface area contributed by atoms with Gasteiger partial charge < -0.3 is 10.2 Å². The Balaban J connectivity index is 2.65. The van der Waals surface area contributed by atoms with Crippen LogP contribution in [0.25, 0.3) is 11.1 Å². The summed E-state index contributed by atoms with van der Waals surface area (Å²) in [6.45, 7) is 0. The lowest BCUT2D eigenvalue weighted by Gasteiger charge is -2.06. The van der Waals surface area contributed by atoms with Gasteiger partial charge in [-0.05, 0) is 12.1 Å². The molecule has 0 aromatic carbocycles. The van der Waals surface area contributed by atoms with Gasteiger partial charge in [0.2, 0.25) is 0 Å². The van der Waals surface area contributed by atoms with E-state index in [2.05, 4.69) is 9.97 Å². The maximum absolute atomic E-state index is 11.1. The van der Waals surface area contributed by atoms with Crippen molar-refractivity contribution in [2.75, 3.05) is 0 Å².